The van der Waals surface area contributed by atoms with Gasteiger partial charge in [0.15, 0.2) is 0 Å². The average molecular weight is 464 g/mol. The summed E-state index contributed by atoms with van der Waals surface area (Å²) in [7, 11) is 1.70. The minimum Gasteiger partial charge on any atom is -0.366 e. The number of halogens is 1. The van der Waals surface area contributed by atoms with Crippen LogP contribution in [0, 0.1) is 16.0 Å². The molecule has 1 saturated heterocycles. The van der Waals surface area contributed by atoms with Gasteiger partial charge in [-0.1, -0.05) is 6.92 Å². The number of hydrazine groups is 1. The van der Waals surface area contributed by atoms with Crippen molar-refractivity contribution in [2.75, 3.05) is 18.0 Å². The van der Waals surface area contributed by atoms with E-state index in [4.69, 9.17) is 0 Å². The van der Waals surface area contributed by atoms with Gasteiger partial charge in [-0.25, -0.2) is 0 Å². The predicted molar refractivity (Wildman–Crippen MR) is 112 cm³/mol. The summed E-state index contributed by atoms with van der Waals surface area (Å²) in [6.07, 6.45) is 3.78. The number of rotatable bonds is 4. The molecule has 1 aromatic carbocycles. The molecule has 0 spiro atoms. The second-order valence-electron chi connectivity index (χ2n) is 7.22. The summed E-state index contributed by atoms with van der Waals surface area (Å²) in [5.74, 6) is -0.674. The summed E-state index contributed by atoms with van der Waals surface area (Å²) in [4.78, 5) is 37.7. The first-order valence-electron chi connectivity index (χ1n) is 9.22. The van der Waals surface area contributed by atoms with Crippen LogP contribution in [-0.2, 0) is 7.05 Å². The van der Waals surface area contributed by atoms with E-state index in [0.29, 0.717) is 17.3 Å². The molecular weight excluding hydrogens is 442 g/mol. The molecule has 2 amide bonds. The lowest BCUT2D eigenvalue weighted by molar-refractivity contribution is -0.384. The number of amides is 2. The van der Waals surface area contributed by atoms with Crippen LogP contribution in [0.1, 0.15) is 40.6 Å². The van der Waals surface area contributed by atoms with Crippen molar-refractivity contribution in [2.24, 2.45) is 13.0 Å². The summed E-state index contributed by atoms with van der Waals surface area (Å²) in [6.45, 7) is 3.61. The second kappa shape index (κ2) is 8.64. The normalized spacial score (nSPS) is 16.4. The molecule has 3 rings (SSSR count). The number of nitro benzene ring substituents is 1. The third-order valence-corrected chi connectivity index (χ3v) is 5.36. The third-order valence-electron chi connectivity index (χ3n) is 4.93. The van der Waals surface area contributed by atoms with E-state index in [1.54, 1.807) is 29.9 Å². The molecule has 2 aromatic rings. The molecule has 0 saturated carbocycles. The summed E-state index contributed by atoms with van der Waals surface area (Å²) in [5.41, 5.74) is 5.46. The van der Waals surface area contributed by atoms with Crippen LogP contribution in [0.25, 0.3) is 0 Å². The molecule has 1 aliphatic heterocycles. The van der Waals surface area contributed by atoms with Crippen molar-refractivity contribution < 1.29 is 14.5 Å². The number of anilines is 1. The van der Waals surface area contributed by atoms with E-state index in [1.807, 2.05) is 4.90 Å². The number of nitrogens with zero attached hydrogens (tertiary/aromatic N) is 3. The Kier molecular flexibility index (Phi) is 6.21. The van der Waals surface area contributed by atoms with Gasteiger partial charge in [0.2, 0.25) is 0 Å². The van der Waals surface area contributed by atoms with Crippen molar-refractivity contribution in [3.8, 4) is 0 Å². The molecule has 2 N–H and O–H groups in total. The first kappa shape index (κ1) is 20.8. The Morgan fingerprint density at radius 1 is 1.24 bits per heavy atom. The maximum absolute atomic E-state index is 12.4. The highest BCUT2D eigenvalue weighted by atomic mass is 79.9. The number of hydrogen-bond acceptors (Lipinski definition) is 5. The largest absolute Gasteiger partial charge is 0.366 e. The Labute approximate surface area is 176 Å². The van der Waals surface area contributed by atoms with Gasteiger partial charge < -0.3 is 9.47 Å². The quantitative estimate of drug-likeness (QED) is 0.534. The van der Waals surface area contributed by atoms with Gasteiger partial charge in [-0.15, -0.1) is 0 Å². The lowest BCUT2D eigenvalue weighted by Crippen LogP contribution is -2.42. The van der Waals surface area contributed by atoms with Crippen LogP contribution in [0.15, 0.2) is 34.9 Å². The molecule has 1 unspecified atom stereocenters. The number of benzene rings is 1. The van der Waals surface area contributed by atoms with Gasteiger partial charge in [-0.3, -0.25) is 30.6 Å². The van der Waals surface area contributed by atoms with Crippen molar-refractivity contribution in [2.45, 2.75) is 19.8 Å². The Morgan fingerprint density at radius 3 is 2.59 bits per heavy atom. The number of nitrogens with one attached hydrogen (secondary N) is 2. The first-order valence-corrected chi connectivity index (χ1v) is 10.0. The minimum absolute atomic E-state index is 0.0962. The zero-order chi connectivity index (χ0) is 21.1. The van der Waals surface area contributed by atoms with E-state index >= 15 is 0 Å². The SMILES string of the molecule is CC1CCCN(c2ccc(C(=O)NNC(=O)c3cc(Br)cn3C)cc2[N+](=O)[O-])C1. The zero-order valence-electron chi connectivity index (χ0n) is 16.1. The molecule has 10 heteroatoms. The highest BCUT2D eigenvalue weighted by Crippen LogP contribution is 2.32. The minimum atomic E-state index is -0.631. The predicted octanol–water partition coefficient (Wildman–Crippen LogP) is 3.01. The summed E-state index contributed by atoms with van der Waals surface area (Å²) in [6, 6.07) is 5.99. The van der Waals surface area contributed by atoms with E-state index < -0.39 is 16.7 Å². The van der Waals surface area contributed by atoms with Crippen molar-refractivity contribution in [1.29, 1.82) is 0 Å². The van der Waals surface area contributed by atoms with Crippen molar-refractivity contribution in [3.05, 3.63) is 56.3 Å². The molecule has 1 aromatic heterocycles. The van der Waals surface area contributed by atoms with E-state index in [-0.39, 0.29) is 11.3 Å². The highest BCUT2D eigenvalue weighted by molar-refractivity contribution is 9.10. The lowest BCUT2D eigenvalue weighted by atomic mass is 9.99. The van der Waals surface area contributed by atoms with Crippen LogP contribution in [0.4, 0.5) is 11.4 Å². The summed E-state index contributed by atoms with van der Waals surface area (Å²) < 4.78 is 2.33. The van der Waals surface area contributed by atoms with Gasteiger partial charge in [-0.05, 0) is 52.9 Å². The number of nitro groups is 1. The third kappa shape index (κ3) is 4.76. The molecular formula is C19H22BrN5O4. The second-order valence-corrected chi connectivity index (χ2v) is 8.13. The molecule has 29 heavy (non-hydrogen) atoms. The smallest absolute Gasteiger partial charge is 0.293 e. The topological polar surface area (TPSA) is 110 Å². The fourth-order valence-corrected chi connectivity index (χ4v) is 4.01. The van der Waals surface area contributed by atoms with Crippen molar-refractivity contribution in [1.82, 2.24) is 15.4 Å². The molecule has 9 nitrogen and oxygen atoms in total. The van der Waals surface area contributed by atoms with Crippen LogP contribution >= 0.6 is 15.9 Å². The zero-order valence-corrected chi connectivity index (χ0v) is 17.7. The number of carbonyl (C=O) groups is 2. The first-order chi connectivity index (χ1) is 13.8. The summed E-state index contributed by atoms with van der Waals surface area (Å²) >= 11 is 3.28. The number of aromatic nitrogens is 1. The monoisotopic (exact) mass is 463 g/mol. The fourth-order valence-electron chi connectivity index (χ4n) is 3.49. The molecule has 1 aliphatic rings. The van der Waals surface area contributed by atoms with E-state index in [2.05, 4.69) is 33.7 Å². The molecule has 154 valence electrons. The average Bonchev–Trinajstić information content (AvgIpc) is 3.03. The number of piperidine rings is 1. The molecule has 0 radical (unpaired) electrons. The maximum atomic E-state index is 12.4. The Bertz CT molecular complexity index is 958. The molecule has 1 fully saturated rings. The van der Waals surface area contributed by atoms with Gasteiger partial charge >= 0.3 is 0 Å². The maximum Gasteiger partial charge on any atom is 0.293 e. The Balaban J connectivity index is 1.73. The van der Waals surface area contributed by atoms with Crippen LogP contribution < -0.4 is 15.8 Å². The van der Waals surface area contributed by atoms with Crippen LogP contribution in [0.3, 0.4) is 0 Å². The van der Waals surface area contributed by atoms with Crippen LogP contribution in [0.2, 0.25) is 0 Å². The van der Waals surface area contributed by atoms with Gasteiger partial charge in [0.25, 0.3) is 17.5 Å². The lowest BCUT2D eigenvalue weighted by Gasteiger charge is -2.32. The number of carbonyl (C=O) groups excluding carboxylic acids is 2. The summed E-state index contributed by atoms with van der Waals surface area (Å²) in [5, 5.41) is 11.6. The molecule has 0 aliphatic carbocycles. The Hall–Kier alpha value is -2.88. The molecule has 2 heterocycles. The fraction of sp³-hybridized carbons (Fsp3) is 0.368. The van der Waals surface area contributed by atoms with E-state index in [9.17, 15) is 19.7 Å². The highest BCUT2D eigenvalue weighted by Gasteiger charge is 2.25. The van der Waals surface area contributed by atoms with E-state index in [0.717, 1.165) is 30.4 Å². The number of aryl methyl sites for hydroxylation is 1. The van der Waals surface area contributed by atoms with Gasteiger partial charge in [0, 0.05) is 42.4 Å². The standard InChI is InChI=1S/C19H22BrN5O4/c1-12-4-3-7-24(10-12)15-6-5-13(8-16(15)25(28)29)18(26)21-22-19(27)17-9-14(20)11-23(17)2/h5-6,8-9,11-12H,3-4,7,10H2,1-2H3,(H,21,26)(H,22,27). The van der Waals surface area contributed by atoms with Crippen molar-refractivity contribution >= 4 is 39.1 Å². The van der Waals surface area contributed by atoms with Crippen molar-refractivity contribution in [3.63, 3.8) is 0 Å². The van der Waals surface area contributed by atoms with Gasteiger partial charge in [-0.2, -0.15) is 0 Å². The number of hydrogen-bond donors (Lipinski definition) is 2. The Morgan fingerprint density at radius 2 is 1.97 bits per heavy atom. The molecule has 1 atom stereocenters. The van der Waals surface area contributed by atoms with Gasteiger partial charge in [0.05, 0.1) is 4.92 Å². The van der Waals surface area contributed by atoms with Gasteiger partial charge in [0.1, 0.15) is 11.4 Å². The van der Waals surface area contributed by atoms with Crippen LogP contribution in [0.5, 0.6) is 0 Å². The van der Waals surface area contributed by atoms with Crippen LogP contribution in [-0.4, -0.2) is 34.4 Å². The molecule has 0 bridgehead atoms. The van der Waals surface area contributed by atoms with E-state index in [1.165, 1.54) is 12.1 Å².